The van der Waals surface area contributed by atoms with Crippen LogP contribution in [0.2, 0.25) is 0 Å². The van der Waals surface area contributed by atoms with Crippen molar-refractivity contribution in [2.24, 2.45) is 5.92 Å². The summed E-state index contributed by atoms with van der Waals surface area (Å²) in [6, 6.07) is 14.6. The molecule has 1 N–H and O–H groups in total. The molecule has 1 aromatic carbocycles. The van der Waals surface area contributed by atoms with E-state index in [9.17, 15) is 4.79 Å². The van der Waals surface area contributed by atoms with Gasteiger partial charge >= 0.3 is 0 Å². The fourth-order valence-electron chi connectivity index (χ4n) is 3.53. The van der Waals surface area contributed by atoms with Crippen molar-refractivity contribution in [1.82, 2.24) is 19.5 Å². The van der Waals surface area contributed by atoms with Gasteiger partial charge < -0.3 is 0 Å². The number of anilines is 1. The Morgan fingerprint density at radius 2 is 1.89 bits per heavy atom. The molecule has 1 aliphatic carbocycles. The van der Waals surface area contributed by atoms with Gasteiger partial charge in [-0.2, -0.15) is 16.7 Å². The standard InChI is InChI=1S/C21H23N5OS/c27-20(17-8-9-17)23-21-22-19-3-1-2-18(26(19)24-21)16-6-4-15(5-7-16)14-25-10-12-28-13-11-25/h1-7,17H,8-14H2,(H,23,24,27). The van der Waals surface area contributed by atoms with Gasteiger partial charge in [-0.05, 0) is 30.5 Å². The van der Waals surface area contributed by atoms with Crippen molar-refractivity contribution in [2.75, 3.05) is 29.9 Å². The van der Waals surface area contributed by atoms with Crippen LogP contribution in [0.5, 0.6) is 0 Å². The second kappa shape index (κ2) is 7.56. The normalized spacial score (nSPS) is 17.7. The van der Waals surface area contributed by atoms with E-state index in [1.807, 2.05) is 30.0 Å². The van der Waals surface area contributed by atoms with Crippen molar-refractivity contribution in [3.8, 4) is 11.3 Å². The molecule has 6 nitrogen and oxygen atoms in total. The maximum atomic E-state index is 12.0. The highest BCUT2D eigenvalue weighted by atomic mass is 32.2. The molecule has 7 heteroatoms. The Labute approximate surface area is 168 Å². The molecule has 3 heterocycles. The average molecular weight is 394 g/mol. The number of aromatic nitrogens is 3. The van der Waals surface area contributed by atoms with Crippen molar-refractivity contribution < 1.29 is 4.79 Å². The Hall–Kier alpha value is -2.38. The molecule has 1 saturated heterocycles. The molecule has 0 atom stereocenters. The van der Waals surface area contributed by atoms with E-state index in [0.29, 0.717) is 5.95 Å². The summed E-state index contributed by atoms with van der Waals surface area (Å²) in [6.07, 6.45) is 1.93. The Kier molecular flexibility index (Phi) is 4.78. The number of carbonyl (C=O) groups excluding carboxylic acids is 1. The minimum absolute atomic E-state index is 0.0259. The fourth-order valence-corrected chi connectivity index (χ4v) is 4.51. The Morgan fingerprint density at radius 1 is 1.11 bits per heavy atom. The SMILES string of the molecule is O=C(Nc1nc2cccc(-c3ccc(CN4CCSCC4)cc3)n2n1)C1CC1. The molecule has 2 aromatic heterocycles. The second-order valence-corrected chi connectivity index (χ2v) is 8.69. The van der Waals surface area contributed by atoms with Gasteiger partial charge in [0.05, 0.1) is 5.69 Å². The zero-order valence-corrected chi connectivity index (χ0v) is 16.5. The predicted molar refractivity (Wildman–Crippen MR) is 112 cm³/mol. The molecule has 1 aliphatic heterocycles. The fraction of sp³-hybridized carbons (Fsp3) is 0.381. The van der Waals surface area contributed by atoms with Crippen LogP contribution in [0.4, 0.5) is 5.95 Å². The molecule has 1 saturated carbocycles. The summed E-state index contributed by atoms with van der Waals surface area (Å²) in [6.45, 7) is 3.34. The number of nitrogens with zero attached hydrogens (tertiary/aromatic N) is 4. The van der Waals surface area contributed by atoms with Gasteiger partial charge in [-0.1, -0.05) is 30.3 Å². The van der Waals surface area contributed by atoms with E-state index in [2.05, 4.69) is 44.6 Å². The molecule has 0 radical (unpaired) electrons. The maximum absolute atomic E-state index is 12.0. The van der Waals surface area contributed by atoms with Gasteiger partial charge in [-0.3, -0.25) is 15.0 Å². The van der Waals surface area contributed by atoms with Gasteiger partial charge in [0, 0.05) is 42.6 Å². The van der Waals surface area contributed by atoms with Crippen LogP contribution in [-0.4, -0.2) is 50.0 Å². The van der Waals surface area contributed by atoms with Gasteiger partial charge in [0.1, 0.15) is 0 Å². The summed E-state index contributed by atoms with van der Waals surface area (Å²) in [7, 11) is 0. The molecule has 0 unspecified atom stereocenters. The van der Waals surface area contributed by atoms with Crippen LogP contribution in [0.25, 0.3) is 16.9 Å². The maximum Gasteiger partial charge on any atom is 0.249 e. The first-order valence-electron chi connectivity index (χ1n) is 9.82. The van der Waals surface area contributed by atoms with Crippen molar-refractivity contribution >= 4 is 29.3 Å². The highest BCUT2D eigenvalue weighted by Gasteiger charge is 2.30. The van der Waals surface area contributed by atoms with Gasteiger partial charge in [0.25, 0.3) is 0 Å². The number of nitrogens with one attached hydrogen (secondary N) is 1. The number of hydrogen-bond donors (Lipinski definition) is 1. The van der Waals surface area contributed by atoms with Crippen molar-refractivity contribution in [3.63, 3.8) is 0 Å². The van der Waals surface area contributed by atoms with Crippen LogP contribution in [0.15, 0.2) is 42.5 Å². The first kappa shape index (κ1) is 17.7. The molecule has 3 aromatic rings. The summed E-state index contributed by atoms with van der Waals surface area (Å²) in [4.78, 5) is 19.0. The molecule has 2 fully saturated rings. The molecule has 1 amide bonds. The Bertz CT molecular complexity index is 990. The molecule has 144 valence electrons. The topological polar surface area (TPSA) is 62.5 Å². The first-order valence-corrected chi connectivity index (χ1v) is 11.0. The summed E-state index contributed by atoms with van der Waals surface area (Å²) >= 11 is 2.04. The van der Waals surface area contributed by atoms with Crippen LogP contribution in [0.1, 0.15) is 18.4 Å². The zero-order valence-electron chi connectivity index (χ0n) is 15.7. The largest absolute Gasteiger partial charge is 0.297 e. The van der Waals surface area contributed by atoms with E-state index in [4.69, 9.17) is 0 Å². The van der Waals surface area contributed by atoms with Crippen molar-refractivity contribution in [2.45, 2.75) is 19.4 Å². The van der Waals surface area contributed by atoms with Gasteiger partial charge in [0.15, 0.2) is 5.65 Å². The third-order valence-electron chi connectivity index (χ3n) is 5.30. The highest BCUT2D eigenvalue weighted by Crippen LogP contribution is 2.30. The summed E-state index contributed by atoms with van der Waals surface area (Å²) in [5.74, 6) is 3.00. The predicted octanol–water partition coefficient (Wildman–Crippen LogP) is 3.29. The van der Waals surface area contributed by atoms with Crippen LogP contribution >= 0.6 is 11.8 Å². The minimum Gasteiger partial charge on any atom is -0.297 e. The number of fused-ring (bicyclic) bond motifs is 1. The van der Waals surface area contributed by atoms with Gasteiger partial charge in [-0.25, -0.2) is 4.52 Å². The van der Waals surface area contributed by atoms with Crippen molar-refractivity contribution in [1.29, 1.82) is 0 Å². The minimum atomic E-state index is 0.0259. The number of hydrogen-bond acceptors (Lipinski definition) is 5. The quantitative estimate of drug-likeness (QED) is 0.721. The van der Waals surface area contributed by atoms with E-state index >= 15 is 0 Å². The monoisotopic (exact) mass is 393 g/mol. The number of amides is 1. The lowest BCUT2D eigenvalue weighted by atomic mass is 10.1. The van der Waals surface area contributed by atoms with E-state index in [1.165, 1.54) is 30.2 Å². The number of benzene rings is 1. The van der Waals surface area contributed by atoms with Crippen molar-refractivity contribution in [3.05, 3.63) is 48.0 Å². The third-order valence-corrected chi connectivity index (χ3v) is 6.24. The van der Waals surface area contributed by atoms with E-state index in [0.717, 1.165) is 36.3 Å². The number of thioether (sulfide) groups is 1. The van der Waals surface area contributed by atoms with E-state index < -0.39 is 0 Å². The molecule has 5 rings (SSSR count). The molecular weight excluding hydrogens is 370 g/mol. The second-order valence-electron chi connectivity index (χ2n) is 7.47. The molecule has 2 aliphatic rings. The summed E-state index contributed by atoms with van der Waals surface area (Å²) in [5, 5.41) is 7.36. The zero-order chi connectivity index (χ0) is 18.9. The summed E-state index contributed by atoms with van der Waals surface area (Å²) < 4.78 is 1.80. The van der Waals surface area contributed by atoms with E-state index in [1.54, 1.807) is 4.52 Å². The first-order chi connectivity index (χ1) is 13.8. The molecule has 0 spiro atoms. The van der Waals surface area contributed by atoms with E-state index in [-0.39, 0.29) is 11.8 Å². The molecule has 0 bridgehead atoms. The number of carbonyl (C=O) groups is 1. The average Bonchev–Trinajstić information content (AvgIpc) is 3.49. The van der Waals surface area contributed by atoms with Crippen LogP contribution in [-0.2, 0) is 11.3 Å². The number of pyridine rings is 1. The lowest BCUT2D eigenvalue weighted by Crippen LogP contribution is -2.31. The number of rotatable bonds is 5. The highest BCUT2D eigenvalue weighted by molar-refractivity contribution is 7.99. The lowest BCUT2D eigenvalue weighted by molar-refractivity contribution is -0.117. The lowest BCUT2D eigenvalue weighted by Gasteiger charge is -2.26. The van der Waals surface area contributed by atoms with Crippen LogP contribution < -0.4 is 5.32 Å². The molecular formula is C21H23N5OS. The third kappa shape index (κ3) is 3.77. The smallest absolute Gasteiger partial charge is 0.249 e. The Morgan fingerprint density at radius 3 is 2.64 bits per heavy atom. The van der Waals surface area contributed by atoms with Crippen LogP contribution in [0.3, 0.4) is 0 Å². The van der Waals surface area contributed by atoms with Gasteiger partial charge in [-0.15, -0.1) is 5.10 Å². The van der Waals surface area contributed by atoms with Gasteiger partial charge in [0.2, 0.25) is 11.9 Å². The Balaban J connectivity index is 1.37. The van der Waals surface area contributed by atoms with Crippen LogP contribution in [0, 0.1) is 5.92 Å². The molecule has 28 heavy (non-hydrogen) atoms. The summed E-state index contributed by atoms with van der Waals surface area (Å²) in [5.41, 5.74) is 4.13.